The van der Waals surface area contributed by atoms with E-state index >= 15 is 0 Å². The molecule has 2 aliphatic rings. The molecule has 0 amide bonds. The molecule has 0 saturated carbocycles. The van der Waals surface area contributed by atoms with Crippen LogP contribution in [0.2, 0.25) is 0 Å². The molecule has 8 heteroatoms. The summed E-state index contributed by atoms with van der Waals surface area (Å²) in [4.78, 5) is 19.7. The number of aromatic nitrogens is 1. The molecule has 7 nitrogen and oxygen atoms in total. The Balaban J connectivity index is 1.65. The van der Waals surface area contributed by atoms with Crippen LogP contribution in [0.1, 0.15) is 50.3 Å². The summed E-state index contributed by atoms with van der Waals surface area (Å²) in [7, 11) is -3.78. The van der Waals surface area contributed by atoms with E-state index in [9.17, 15) is 13.2 Å². The first-order chi connectivity index (χ1) is 15.9. The maximum Gasteiger partial charge on any atom is 0.251 e. The van der Waals surface area contributed by atoms with Crippen LogP contribution in [0.4, 0.5) is 0 Å². The van der Waals surface area contributed by atoms with Gasteiger partial charge in [0.2, 0.25) is 9.84 Å². The number of aryl methyl sites for hydroxylation is 2. The summed E-state index contributed by atoms with van der Waals surface area (Å²) >= 11 is 0. The van der Waals surface area contributed by atoms with Gasteiger partial charge in [-0.05, 0) is 70.8 Å². The monoisotopic (exact) mass is 473 g/mol. The Kier molecular flexibility index (Phi) is 7.26. The Bertz CT molecular complexity index is 1140. The molecular weight excluding hydrogens is 438 g/mol. The maximum atomic E-state index is 13.9. The number of nitrogens with zero attached hydrogens (tertiary/aromatic N) is 2. The van der Waals surface area contributed by atoms with Gasteiger partial charge in [0, 0.05) is 29.4 Å². The Labute approximate surface area is 196 Å². The van der Waals surface area contributed by atoms with Gasteiger partial charge in [0.1, 0.15) is 10.3 Å². The highest BCUT2D eigenvalue weighted by molar-refractivity contribution is 7.92. The largest absolute Gasteiger partial charge is 0.463 e. The van der Waals surface area contributed by atoms with Gasteiger partial charge in [-0.1, -0.05) is 19.4 Å². The van der Waals surface area contributed by atoms with Gasteiger partial charge in [0.15, 0.2) is 5.76 Å². The Morgan fingerprint density at radius 1 is 1.24 bits per heavy atom. The fourth-order valence-electron chi connectivity index (χ4n) is 5.28. The summed E-state index contributed by atoms with van der Waals surface area (Å²) in [5.41, 5.74) is 1.62. The molecular formula is C25H35N3O4S. The van der Waals surface area contributed by atoms with Crippen molar-refractivity contribution >= 4 is 9.84 Å². The minimum Gasteiger partial charge on any atom is -0.463 e. The highest BCUT2D eigenvalue weighted by Crippen LogP contribution is 2.34. The number of pyridine rings is 1. The molecule has 0 aliphatic carbocycles. The lowest BCUT2D eigenvalue weighted by molar-refractivity contribution is 0.0823. The van der Waals surface area contributed by atoms with Crippen LogP contribution in [0.25, 0.3) is 11.3 Å². The topological polar surface area (TPSA) is 86.6 Å². The number of sulfone groups is 1. The van der Waals surface area contributed by atoms with Gasteiger partial charge in [0.25, 0.3) is 5.56 Å². The second kappa shape index (κ2) is 9.99. The van der Waals surface area contributed by atoms with E-state index in [-0.39, 0.29) is 16.2 Å². The predicted molar refractivity (Wildman–Crippen MR) is 130 cm³/mol. The van der Waals surface area contributed by atoms with E-state index < -0.39 is 15.2 Å². The molecule has 1 N–H and O–H groups in total. The average molecular weight is 474 g/mol. The summed E-state index contributed by atoms with van der Waals surface area (Å²) in [6.07, 6.45) is 9.29. The molecule has 2 aliphatic heterocycles. The number of rotatable bonds is 7. The van der Waals surface area contributed by atoms with Gasteiger partial charge in [-0.2, -0.15) is 0 Å². The Hall–Kier alpha value is -2.16. The highest BCUT2D eigenvalue weighted by atomic mass is 32.2. The molecule has 2 aromatic rings. The van der Waals surface area contributed by atoms with Crippen LogP contribution in [-0.4, -0.2) is 60.8 Å². The van der Waals surface area contributed by atoms with E-state index in [1.807, 2.05) is 6.92 Å². The van der Waals surface area contributed by atoms with E-state index in [4.69, 9.17) is 4.42 Å². The molecule has 2 unspecified atom stereocenters. The van der Waals surface area contributed by atoms with Crippen molar-refractivity contribution in [2.45, 2.75) is 68.7 Å². The van der Waals surface area contributed by atoms with Crippen LogP contribution in [0, 0.1) is 6.92 Å². The van der Waals surface area contributed by atoms with E-state index in [1.54, 1.807) is 19.1 Å². The number of furan rings is 1. The number of nitrogens with one attached hydrogen (secondary N) is 1. The molecule has 2 atom stereocenters. The van der Waals surface area contributed by atoms with Crippen LogP contribution in [0.5, 0.6) is 0 Å². The summed E-state index contributed by atoms with van der Waals surface area (Å²) < 4.78 is 33.4. The Morgan fingerprint density at radius 2 is 2.00 bits per heavy atom. The second-order valence-electron chi connectivity index (χ2n) is 9.19. The molecule has 4 heterocycles. The number of H-pyrrole nitrogens is 1. The SMILES string of the molecule is C=CC(N1CCCC(N2CCCCC2)C1)S(=O)(=O)c1ccoc1-c1cc(CC)c(=O)[nH]c1C. The molecule has 2 aromatic heterocycles. The van der Waals surface area contributed by atoms with Crippen molar-refractivity contribution in [1.29, 1.82) is 0 Å². The van der Waals surface area contributed by atoms with Crippen molar-refractivity contribution in [3.05, 3.63) is 52.7 Å². The number of piperidine rings is 2. The normalized spacial score (nSPS) is 21.7. The third-order valence-corrected chi connectivity index (χ3v) is 9.15. The summed E-state index contributed by atoms with van der Waals surface area (Å²) in [5, 5.41) is -0.824. The minimum absolute atomic E-state index is 0.143. The van der Waals surface area contributed by atoms with Crippen LogP contribution in [0.15, 0.2) is 45.2 Å². The van der Waals surface area contributed by atoms with Crippen LogP contribution >= 0.6 is 0 Å². The molecule has 2 fully saturated rings. The molecule has 0 bridgehead atoms. The average Bonchev–Trinajstić information content (AvgIpc) is 3.31. The predicted octanol–water partition coefficient (Wildman–Crippen LogP) is 3.74. The summed E-state index contributed by atoms with van der Waals surface area (Å²) in [5.74, 6) is 0.273. The third kappa shape index (κ3) is 4.74. The fourth-order valence-corrected chi connectivity index (χ4v) is 7.04. The van der Waals surface area contributed by atoms with Gasteiger partial charge in [-0.3, -0.25) is 14.6 Å². The minimum atomic E-state index is -3.78. The van der Waals surface area contributed by atoms with Crippen molar-refractivity contribution in [2.75, 3.05) is 26.2 Å². The van der Waals surface area contributed by atoms with Crippen LogP contribution < -0.4 is 5.56 Å². The zero-order valence-corrected chi connectivity index (χ0v) is 20.5. The number of hydrogen-bond donors (Lipinski definition) is 1. The fraction of sp³-hybridized carbons (Fsp3) is 0.560. The zero-order chi connectivity index (χ0) is 23.6. The lowest BCUT2D eigenvalue weighted by atomic mass is 10.0. The molecule has 0 radical (unpaired) electrons. The van der Waals surface area contributed by atoms with E-state index in [1.165, 1.54) is 31.6 Å². The van der Waals surface area contributed by atoms with Crippen molar-refractivity contribution in [2.24, 2.45) is 0 Å². The van der Waals surface area contributed by atoms with E-state index in [0.717, 1.165) is 39.0 Å². The molecule has 2 saturated heterocycles. The third-order valence-electron chi connectivity index (χ3n) is 7.09. The lowest BCUT2D eigenvalue weighted by Crippen LogP contribution is -2.53. The number of hydrogen-bond acceptors (Lipinski definition) is 6. The first-order valence-corrected chi connectivity index (χ1v) is 13.6. The van der Waals surface area contributed by atoms with Crippen molar-refractivity contribution in [3.8, 4) is 11.3 Å². The van der Waals surface area contributed by atoms with Crippen molar-refractivity contribution in [1.82, 2.24) is 14.8 Å². The van der Waals surface area contributed by atoms with Gasteiger partial charge < -0.3 is 9.40 Å². The summed E-state index contributed by atoms with van der Waals surface area (Å²) in [6.45, 7) is 11.2. The van der Waals surface area contributed by atoms with E-state index in [0.29, 0.717) is 29.3 Å². The van der Waals surface area contributed by atoms with E-state index in [2.05, 4.69) is 21.4 Å². The smallest absolute Gasteiger partial charge is 0.251 e. The first kappa shape index (κ1) is 24.0. The van der Waals surface area contributed by atoms with Crippen molar-refractivity contribution < 1.29 is 12.8 Å². The highest BCUT2D eigenvalue weighted by Gasteiger charge is 2.37. The number of likely N-dealkylation sites (tertiary alicyclic amines) is 2. The molecule has 33 heavy (non-hydrogen) atoms. The second-order valence-corrected chi connectivity index (χ2v) is 11.2. The molecule has 0 aromatic carbocycles. The Morgan fingerprint density at radius 3 is 2.70 bits per heavy atom. The number of aromatic amines is 1. The van der Waals surface area contributed by atoms with Gasteiger partial charge in [0.05, 0.1) is 6.26 Å². The van der Waals surface area contributed by atoms with Crippen LogP contribution in [-0.2, 0) is 16.3 Å². The quantitative estimate of drug-likeness (QED) is 0.617. The zero-order valence-electron chi connectivity index (χ0n) is 19.7. The first-order valence-electron chi connectivity index (χ1n) is 12.0. The lowest BCUT2D eigenvalue weighted by Gasteiger charge is -2.42. The van der Waals surface area contributed by atoms with Gasteiger partial charge >= 0.3 is 0 Å². The summed E-state index contributed by atoms with van der Waals surface area (Å²) in [6, 6.07) is 3.64. The molecule has 0 spiro atoms. The maximum absolute atomic E-state index is 13.9. The van der Waals surface area contributed by atoms with Gasteiger partial charge in [-0.15, -0.1) is 6.58 Å². The molecule has 180 valence electrons. The van der Waals surface area contributed by atoms with Crippen LogP contribution in [0.3, 0.4) is 0 Å². The van der Waals surface area contributed by atoms with Crippen molar-refractivity contribution in [3.63, 3.8) is 0 Å². The standard InChI is InChI=1S/C25H35N3O4S/c1-4-19-16-21(18(3)26-25(19)29)24-22(11-15-32-24)33(30,31)23(5-2)28-14-9-10-20(17-28)27-12-7-6-8-13-27/h5,11,15-16,20,23H,2,4,6-10,12-14,17H2,1,3H3,(H,26,29). The van der Waals surface area contributed by atoms with Gasteiger partial charge in [-0.25, -0.2) is 8.42 Å². The molecule has 4 rings (SSSR count).